The van der Waals surface area contributed by atoms with Crippen molar-refractivity contribution >= 4 is 6.08 Å². The molecule has 1 atom stereocenters. The second kappa shape index (κ2) is 4.61. The first-order valence-corrected chi connectivity index (χ1v) is 9.92. The van der Waals surface area contributed by atoms with E-state index in [1.165, 1.54) is 11.1 Å². The molecule has 84 valence electrons. The Hall–Kier alpha value is -0.157. The molecule has 1 aliphatic carbocycles. The Kier molecular flexibility index (Phi) is 3.54. The van der Waals surface area contributed by atoms with Crippen molar-refractivity contribution in [3.8, 4) is 0 Å². The Bertz CT molecular complexity index is 441. The van der Waals surface area contributed by atoms with E-state index < -0.39 is 0 Å². The minimum absolute atomic E-state index is 0.268. The van der Waals surface area contributed by atoms with Crippen molar-refractivity contribution in [2.75, 3.05) is 0 Å². The number of benzene rings is 1. The van der Waals surface area contributed by atoms with Crippen LogP contribution >= 0.6 is 0 Å². The summed E-state index contributed by atoms with van der Waals surface area (Å²) < 4.78 is 3.29. The minimum atomic E-state index is -0.268. The average Bonchev–Trinajstić information content (AvgIpc) is 2.55. The van der Waals surface area contributed by atoms with Gasteiger partial charge in [-0.1, -0.05) is 0 Å². The zero-order valence-corrected chi connectivity index (χ0v) is 13.3. The first-order valence-electron chi connectivity index (χ1n) is 6.05. The molecule has 16 heavy (non-hydrogen) atoms. The number of fused-ring (bicyclic) bond motifs is 1. The predicted molar refractivity (Wildman–Crippen MR) is 67.5 cm³/mol. The molecule has 0 fully saturated rings. The molecule has 0 aromatic heterocycles. The van der Waals surface area contributed by atoms with Crippen LogP contribution in [0.2, 0.25) is 4.63 Å². The molecule has 1 unspecified atom stereocenters. The van der Waals surface area contributed by atoms with Gasteiger partial charge in [-0.15, -0.1) is 0 Å². The summed E-state index contributed by atoms with van der Waals surface area (Å²) in [7, 11) is 0. The maximum atomic E-state index is 2.46. The summed E-state index contributed by atoms with van der Waals surface area (Å²) in [5, 5.41) is 0. The molecule has 1 heteroatoms. The van der Waals surface area contributed by atoms with E-state index in [-0.39, 0.29) is 23.2 Å². The van der Waals surface area contributed by atoms with Crippen LogP contribution < -0.4 is 0 Å². The Labute approximate surface area is 111 Å². The number of allylic oxidation sites excluding steroid dienone is 1. The zero-order chi connectivity index (χ0) is 11.9. The molecule has 2 rings (SSSR count). The van der Waals surface area contributed by atoms with E-state index in [1.807, 2.05) is 0 Å². The topological polar surface area (TPSA) is 0 Å². The van der Waals surface area contributed by atoms with Crippen LogP contribution in [0.1, 0.15) is 52.6 Å². The van der Waals surface area contributed by atoms with Crippen LogP contribution in [-0.4, -0.2) is 0 Å². The monoisotopic (exact) mass is 290 g/mol. The van der Waals surface area contributed by atoms with E-state index in [2.05, 4.69) is 50.5 Å². The average molecular weight is 292 g/mol. The van der Waals surface area contributed by atoms with Gasteiger partial charge in [-0.3, -0.25) is 0 Å². The fourth-order valence-corrected chi connectivity index (χ4v) is 5.70. The van der Waals surface area contributed by atoms with Crippen LogP contribution in [0.5, 0.6) is 0 Å². The Morgan fingerprint density at radius 1 is 1.19 bits per heavy atom. The number of hydrogen-bond acceptors (Lipinski definition) is 0. The Morgan fingerprint density at radius 2 is 1.88 bits per heavy atom. The molecule has 1 aliphatic rings. The molecule has 0 aliphatic heterocycles. The van der Waals surface area contributed by atoms with Crippen molar-refractivity contribution < 1.29 is 23.2 Å². The summed E-state index contributed by atoms with van der Waals surface area (Å²) in [6.07, 6.45) is 2.45. The molecular weight excluding hydrogens is 271 g/mol. The van der Waals surface area contributed by atoms with Crippen molar-refractivity contribution in [3.63, 3.8) is 0 Å². The molecule has 1 aromatic rings. The molecule has 0 saturated carbocycles. The van der Waals surface area contributed by atoms with Crippen LogP contribution in [0.15, 0.2) is 17.7 Å². The van der Waals surface area contributed by atoms with E-state index in [1.54, 1.807) is 16.7 Å². The third-order valence-electron chi connectivity index (χ3n) is 3.57. The van der Waals surface area contributed by atoms with Gasteiger partial charge in [0.25, 0.3) is 0 Å². The number of aryl methyl sites for hydroxylation is 1. The van der Waals surface area contributed by atoms with Gasteiger partial charge in [-0.05, 0) is 0 Å². The van der Waals surface area contributed by atoms with Crippen molar-refractivity contribution in [2.24, 2.45) is 0 Å². The number of hydrogen-bond donors (Lipinski definition) is 0. The fraction of sp³-hybridized carbons (Fsp3) is 0.467. The molecule has 0 heterocycles. The second-order valence-corrected chi connectivity index (χ2v) is 7.90. The summed E-state index contributed by atoms with van der Waals surface area (Å²) in [6, 6.07) is 4.65. The molecular formula is C15H20Zr. The quantitative estimate of drug-likeness (QED) is 0.740. The molecule has 0 nitrogen and oxygen atoms in total. The third kappa shape index (κ3) is 1.88. The molecule has 0 N–H and O–H groups in total. The van der Waals surface area contributed by atoms with Gasteiger partial charge < -0.3 is 0 Å². The van der Waals surface area contributed by atoms with Crippen molar-refractivity contribution in [2.45, 2.75) is 41.9 Å². The van der Waals surface area contributed by atoms with Crippen LogP contribution in [0.25, 0.3) is 6.08 Å². The summed E-state index contributed by atoms with van der Waals surface area (Å²) in [6.45, 7) is 9.19. The van der Waals surface area contributed by atoms with E-state index >= 15 is 0 Å². The molecule has 1 aromatic carbocycles. The summed E-state index contributed by atoms with van der Waals surface area (Å²) in [4.78, 5) is 0. The maximum absolute atomic E-state index is 2.46. The van der Waals surface area contributed by atoms with Gasteiger partial charge in [-0.25, -0.2) is 0 Å². The van der Waals surface area contributed by atoms with Gasteiger partial charge in [0.15, 0.2) is 0 Å². The fourth-order valence-electron chi connectivity index (χ4n) is 2.72. The van der Waals surface area contributed by atoms with Crippen LogP contribution in [0.4, 0.5) is 0 Å². The molecule has 0 amide bonds. The molecule has 0 saturated heterocycles. The van der Waals surface area contributed by atoms with Crippen molar-refractivity contribution in [1.29, 1.82) is 0 Å². The number of rotatable bonds is 2. The van der Waals surface area contributed by atoms with E-state index in [9.17, 15) is 0 Å². The first kappa shape index (κ1) is 12.3. The second-order valence-electron chi connectivity index (χ2n) is 5.06. The van der Waals surface area contributed by atoms with Crippen molar-refractivity contribution in [1.82, 2.24) is 0 Å². The van der Waals surface area contributed by atoms with Gasteiger partial charge in [0.2, 0.25) is 0 Å². The Balaban J connectivity index is 2.64. The van der Waals surface area contributed by atoms with Gasteiger partial charge in [0.05, 0.1) is 0 Å². The first-order chi connectivity index (χ1) is 7.56. The van der Waals surface area contributed by atoms with E-state index in [0.717, 1.165) is 3.63 Å². The van der Waals surface area contributed by atoms with Crippen LogP contribution in [-0.2, 0) is 23.2 Å². The summed E-state index contributed by atoms with van der Waals surface area (Å²) in [5.74, 6) is 0.638. The van der Waals surface area contributed by atoms with Gasteiger partial charge >= 0.3 is 111 Å². The summed E-state index contributed by atoms with van der Waals surface area (Å²) in [5.41, 5.74) is 7.87. The standard InChI is InChI=1S/C14H17.CH3.Zr/c1-9(2)12-6-5-11(4)13-7-10(3)8-14(12)13;;/h5-9H,1-4H3;1H3;. The van der Waals surface area contributed by atoms with E-state index in [4.69, 9.17) is 0 Å². The molecule has 0 spiro atoms. The van der Waals surface area contributed by atoms with Gasteiger partial charge in [0, 0.05) is 0 Å². The zero-order valence-electron chi connectivity index (χ0n) is 10.9. The Morgan fingerprint density at radius 3 is 2.44 bits per heavy atom. The van der Waals surface area contributed by atoms with Crippen LogP contribution in [0, 0.1) is 6.92 Å². The van der Waals surface area contributed by atoms with E-state index in [0.29, 0.717) is 5.92 Å². The predicted octanol–water partition coefficient (Wildman–Crippen LogP) is 4.71. The van der Waals surface area contributed by atoms with Gasteiger partial charge in [-0.2, -0.15) is 0 Å². The molecule has 0 radical (unpaired) electrons. The summed E-state index contributed by atoms with van der Waals surface area (Å²) >= 11 is -0.268. The van der Waals surface area contributed by atoms with Crippen LogP contribution in [0.3, 0.4) is 0 Å². The van der Waals surface area contributed by atoms with Gasteiger partial charge in [0.1, 0.15) is 0 Å². The normalized spacial score (nSPS) is 18.6. The molecule has 0 bridgehead atoms. The SMILES string of the molecule is [CH3][Zr][CH]1C(C)=Cc2c(C(C)C)ccc(C)c21. The third-order valence-corrected chi connectivity index (χ3v) is 6.81. The van der Waals surface area contributed by atoms with Crippen molar-refractivity contribution in [3.05, 3.63) is 40.0 Å².